The predicted octanol–water partition coefficient (Wildman–Crippen LogP) is 3.09. The summed E-state index contributed by atoms with van der Waals surface area (Å²) in [5, 5.41) is 0.693. The average molecular weight is 197 g/mol. The number of hydrogen-bond acceptors (Lipinski definition) is 1. The van der Waals surface area contributed by atoms with Crippen LogP contribution in [0.2, 0.25) is 5.02 Å². The quantitative estimate of drug-likeness (QED) is 0.711. The van der Waals surface area contributed by atoms with Crippen LogP contribution in [-0.4, -0.2) is 5.78 Å². The fourth-order valence-corrected chi connectivity index (χ4v) is 1.58. The lowest BCUT2D eigenvalue weighted by Gasteiger charge is -2.08. The second-order valence-corrected chi connectivity index (χ2v) is 3.75. The molecule has 13 heavy (non-hydrogen) atoms. The Morgan fingerprint density at radius 3 is 2.54 bits per heavy atom. The van der Waals surface area contributed by atoms with Crippen molar-refractivity contribution in [3.05, 3.63) is 33.8 Å². The molecule has 0 unspecified atom stereocenters. The topological polar surface area (TPSA) is 17.1 Å². The van der Waals surface area contributed by atoms with E-state index in [-0.39, 0.29) is 5.78 Å². The fourth-order valence-electron chi connectivity index (χ4n) is 1.31. The number of hydrogen-bond donors (Lipinski definition) is 0. The normalized spacial score (nSPS) is 10.2. The summed E-state index contributed by atoms with van der Waals surface area (Å²) in [5.41, 5.74) is 3.28. The minimum absolute atomic E-state index is 0.149. The Morgan fingerprint density at radius 1 is 1.38 bits per heavy atom. The monoisotopic (exact) mass is 196 g/mol. The fraction of sp³-hybridized carbons (Fsp3) is 0.364. The van der Waals surface area contributed by atoms with Crippen molar-refractivity contribution < 1.29 is 4.79 Å². The Kier molecular flexibility index (Phi) is 3.10. The highest BCUT2D eigenvalue weighted by Gasteiger charge is 2.07. The lowest BCUT2D eigenvalue weighted by Crippen LogP contribution is -2.01. The first-order chi connectivity index (χ1) is 6.02. The molecule has 0 saturated heterocycles. The molecule has 0 amide bonds. The molecule has 0 bridgehead atoms. The van der Waals surface area contributed by atoms with Crippen molar-refractivity contribution >= 4 is 17.4 Å². The van der Waals surface area contributed by atoms with Gasteiger partial charge in [-0.1, -0.05) is 17.7 Å². The van der Waals surface area contributed by atoms with Crippen LogP contribution in [0.15, 0.2) is 12.1 Å². The molecule has 1 aromatic rings. The van der Waals surface area contributed by atoms with Gasteiger partial charge in [0, 0.05) is 11.4 Å². The molecule has 1 aromatic carbocycles. The van der Waals surface area contributed by atoms with E-state index in [9.17, 15) is 4.79 Å². The van der Waals surface area contributed by atoms with Gasteiger partial charge in [-0.05, 0) is 43.5 Å². The summed E-state index contributed by atoms with van der Waals surface area (Å²) in [4.78, 5) is 11.0. The van der Waals surface area contributed by atoms with E-state index in [1.165, 1.54) is 5.56 Å². The van der Waals surface area contributed by atoms with E-state index in [0.29, 0.717) is 11.4 Å². The van der Waals surface area contributed by atoms with Gasteiger partial charge in [-0.3, -0.25) is 4.79 Å². The third-order valence-electron chi connectivity index (χ3n) is 2.24. The molecule has 0 radical (unpaired) electrons. The van der Waals surface area contributed by atoms with Gasteiger partial charge < -0.3 is 0 Å². The lowest BCUT2D eigenvalue weighted by atomic mass is 9.99. The Balaban J connectivity index is 3.17. The second-order valence-electron chi connectivity index (χ2n) is 3.35. The van der Waals surface area contributed by atoms with E-state index in [0.717, 1.165) is 11.1 Å². The number of carbonyl (C=O) groups excluding carboxylic acids is 1. The van der Waals surface area contributed by atoms with E-state index in [1.807, 2.05) is 26.0 Å². The molecule has 0 heterocycles. The van der Waals surface area contributed by atoms with Crippen molar-refractivity contribution in [2.45, 2.75) is 27.2 Å². The van der Waals surface area contributed by atoms with Gasteiger partial charge >= 0.3 is 0 Å². The molecule has 1 nitrogen and oxygen atoms in total. The van der Waals surface area contributed by atoms with Crippen LogP contribution < -0.4 is 0 Å². The van der Waals surface area contributed by atoms with E-state index < -0.39 is 0 Å². The van der Waals surface area contributed by atoms with Gasteiger partial charge in [0.1, 0.15) is 5.78 Å². The highest BCUT2D eigenvalue weighted by atomic mass is 35.5. The highest BCUT2D eigenvalue weighted by Crippen LogP contribution is 2.23. The van der Waals surface area contributed by atoms with Crippen molar-refractivity contribution in [2.75, 3.05) is 0 Å². The maximum Gasteiger partial charge on any atom is 0.134 e. The number of rotatable bonds is 2. The van der Waals surface area contributed by atoms with E-state index in [1.54, 1.807) is 6.92 Å². The molecule has 0 N–H and O–H groups in total. The van der Waals surface area contributed by atoms with Crippen molar-refractivity contribution in [3.8, 4) is 0 Å². The van der Waals surface area contributed by atoms with Crippen LogP contribution >= 0.6 is 11.6 Å². The number of halogens is 1. The standard InChI is InChI=1S/C11H13ClO/c1-7-4-5-11(12)10(9(7)3)6-8(2)13/h4-5H,6H2,1-3H3. The zero-order valence-corrected chi connectivity index (χ0v) is 8.90. The van der Waals surface area contributed by atoms with Crippen LogP contribution in [0, 0.1) is 13.8 Å². The van der Waals surface area contributed by atoms with Crippen molar-refractivity contribution in [1.29, 1.82) is 0 Å². The first kappa shape index (κ1) is 10.3. The molecular weight excluding hydrogens is 184 g/mol. The molecule has 2 heteroatoms. The van der Waals surface area contributed by atoms with Crippen molar-refractivity contribution in [3.63, 3.8) is 0 Å². The Morgan fingerprint density at radius 2 is 2.00 bits per heavy atom. The summed E-state index contributed by atoms with van der Waals surface area (Å²) in [6.07, 6.45) is 0.437. The molecule has 70 valence electrons. The first-order valence-corrected chi connectivity index (χ1v) is 4.64. The van der Waals surface area contributed by atoms with Gasteiger partial charge in [-0.2, -0.15) is 0 Å². The third kappa shape index (κ3) is 2.31. The molecule has 0 aliphatic rings. The summed E-state index contributed by atoms with van der Waals surface area (Å²) in [7, 11) is 0. The van der Waals surface area contributed by atoms with Crippen LogP contribution in [0.4, 0.5) is 0 Å². The highest BCUT2D eigenvalue weighted by molar-refractivity contribution is 6.31. The van der Waals surface area contributed by atoms with Gasteiger partial charge in [-0.25, -0.2) is 0 Å². The zero-order valence-electron chi connectivity index (χ0n) is 8.15. The average Bonchev–Trinajstić information content (AvgIpc) is 2.05. The summed E-state index contributed by atoms with van der Waals surface area (Å²) >= 11 is 5.99. The lowest BCUT2D eigenvalue weighted by molar-refractivity contribution is -0.116. The smallest absolute Gasteiger partial charge is 0.134 e. The van der Waals surface area contributed by atoms with Crippen LogP contribution in [-0.2, 0) is 11.2 Å². The van der Waals surface area contributed by atoms with E-state index in [4.69, 9.17) is 11.6 Å². The van der Waals surface area contributed by atoms with Crippen molar-refractivity contribution in [2.24, 2.45) is 0 Å². The minimum atomic E-state index is 0.149. The van der Waals surface area contributed by atoms with E-state index in [2.05, 4.69) is 0 Å². The maximum atomic E-state index is 11.0. The molecule has 0 fully saturated rings. The molecule has 0 aromatic heterocycles. The zero-order chi connectivity index (χ0) is 10.0. The number of benzene rings is 1. The Bertz CT molecular complexity index is 342. The van der Waals surface area contributed by atoms with E-state index >= 15 is 0 Å². The largest absolute Gasteiger partial charge is 0.300 e. The second kappa shape index (κ2) is 3.93. The Hall–Kier alpha value is -0.820. The molecule has 1 rings (SSSR count). The number of carbonyl (C=O) groups is 1. The van der Waals surface area contributed by atoms with Gasteiger partial charge in [-0.15, -0.1) is 0 Å². The van der Waals surface area contributed by atoms with Crippen LogP contribution in [0.5, 0.6) is 0 Å². The molecule has 0 atom stereocenters. The minimum Gasteiger partial charge on any atom is -0.300 e. The van der Waals surface area contributed by atoms with Gasteiger partial charge in [0.05, 0.1) is 0 Å². The van der Waals surface area contributed by atoms with Gasteiger partial charge in [0.15, 0.2) is 0 Å². The third-order valence-corrected chi connectivity index (χ3v) is 2.59. The number of aryl methyl sites for hydroxylation is 1. The molecule has 0 spiro atoms. The summed E-state index contributed by atoms with van der Waals surface area (Å²) in [6.45, 7) is 5.60. The van der Waals surface area contributed by atoms with Gasteiger partial charge in [0.2, 0.25) is 0 Å². The SMILES string of the molecule is CC(=O)Cc1c(Cl)ccc(C)c1C. The Labute approximate surface area is 83.7 Å². The summed E-state index contributed by atoms with van der Waals surface area (Å²) < 4.78 is 0. The summed E-state index contributed by atoms with van der Waals surface area (Å²) in [6, 6.07) is 3.82. The molecular formula is C11H13ClO. The van der Waals surface area contributed by atoms with Gasteiger partial charge in [0.25, 0.3) is 0 Å². The first-order valence-electron chi connectivity index (χ1n) is 4.26. The van der Waals surface area contributed by atoms with Crippen LogP contribution in [0.3, 0.4) is 0 Å². The van der Waals surface area contributed by atoms with Crippen LogP contribution in [0.25, 0.3) is 0 Å². The van der Waals surface area contributed by atoms with Crippen LogP contribution in [0.1, 0.15) is 23.6 Å². The molecule has 0 saturated carbocycles. The number of Topliss-reactive ketones (excluding diaryl/α,β-unsaturated/α-hetero) is 1. The molecule has 0 aliphatic heterocycles. The number of ketones is 1. The summed E-state index contributed by atoms with van der Waals surface area (Å²) in [5.74, 6) is 0.149. The maximum absolute atomic E-state index is 11.0. The molecule has 0 aliphatic carbocycles. The van der Waals surface area contributed by atoms with Crippen molar-refractivity contribution in [1.82, 2.24) is 0 Å². The predicted molar refractivity (Wildman–Crippen MR) is 55.3 cm³/mol.